The molecule has 4 atom stereocenters. The fourth-order valence-electron chi connectivity index (χ4n) is 5.43. The summed E-state index contributed by atoms with van der Waals surface area (Å²) < 4.78 is 13.1. The van der Waals surface area contributed by atoms with Crippen molar-refractivity contribution in [3.63, 3.8) is 0 Å². The quantitative estimate of drug-likeness (QED) is 0.320. The number of nitrogens with zero attached hydrogens (tertiary/aromatic N) is 1. The van der Waals surface area contributed by atoms with Crippen molar-refractivity contribution in [1.82, 2.24) is 15.5 Å². The molecule has 8 heteroatoms. The second kappa shape index (κ2) is 13.4. The third-order valence-electron chi connectivity index (χ3n) is 7.53. The number of benzene rings is 3. The Labute approximate surface area is 235 Å². The van der Waals surface area contributed by atoms with E-state index in [0.717, 1.165) is 52.9 Å². The van der Waals surface area contributed by atoms with E-state index in [1.165, 1.54) is 0 Å². The monoisotopic (exact) mass is 545 g/mol. The van der Waals surface area contributed by atoms with Crippen molar-refractivity contribution < 1.29 is 24.5 Å². The van der Waals surface area contributed by atoms with Gasteiger partial charge in [0, 0.05) is 44.7 Å². The number of carbonyl (C=O) groups is 1. The molecule has 40 heavy (non-hydrogen) atoms. The molecule has 2 saturated heterocycles. The number of rotatable bonds is 9. The van der Waals surface area contributed by atoms with E-state index in [2.05, 4.69) is 39.8 Å². The fraction of sp³-hybridized carbons (Fsp3) is 0.406. The zero-order chi connectivity index (χ0) is 27.9. The van der Waals surface area contributed by atoms with Crippen LogP contribution in [-0.2, 0) is 22.6 Å². The standard InChI is InChI=1S/C32H39N3O5/c1-2-33-32(38)34-18-23-5-3-6-25(15-23)26-7-4-8-27(16-26)31-39-29(20-35-14-13-28(37)19-35)17-30(40-31)24-11-9-22(21-36)10-12-24/h3-12,15-16,28-31,36-37H,2,13-14,17-21H2,1H3,(H2,33,34,38)/t28-,29+,30-,31-/m0/s1. The number of nitrogens with one attached hydrogen (secondary N) is 2. The minimum Gasteiger partial charge on any atom is -0.392 e. The molecule has 2 fully saturated rings. The van der Waals surface area contributed by atoms with Crippen molar-refractivity contribution in [3.05, 3.63) is 95.1 Å². The third kappa shape index (κ3) is 7.27. The molecule has 3 aromatic rings. The molecule has 2 heterocycles. The van der Waals surface area contributed by atoms with Crippen LogP contribution in [0.5, 0.6) is 0 Å². The van der Waals surface area contributed by atoms with E-state index in [9.17, 15) is 15.0 Å². The van der Waals surface area contributed by atoms with Gasteiger partial charge in [-0.05, 0) is 53.3 Å². The maximum Gasteiger partial charge on any atom is 0.315 e. The molecule has 0 unspecified atom stereocenters. The zero-order valence-electron chi connectivity index (χ0n) is 23.0. The Balaban J connectivity index is 1.35. The maximum atomic E-state index is 11.8. The summed E-state index contributed by atoms with van der Waals surface area (Å²) in [5, 5.41) is 25.1. The van der Waals surface area contributed by atoms with Gasteiger partial charge in [-0.1, -0.05) is 60.7 Å². The topological polar surface area (TPSA) is 103 Å². The molecule has 2 aliphatic rings. The minimum absolute atomic E-state index is 0.00738. The summed E-state index contributed by atoms with van der Waals surface area (Å²) in [7, 11) is 0. The molecule has 0 aliphatic carbocycles. The molecule has 2 aliphatic heterocycles. The van der Waals surface area contributed by atoms with Crippen molar-refractivity contribution in [1.29, 1.82) is 0 Å². The molecular weight excluding hydrogens is 506 g/mol. The first-order valence-corrected chi connectivity index (χ1v) is 14.1. The van der Waals surface area contributed by atoms with Crippen LogP contribution in [0.4, 0.5) is 4.79 Å². The number of aliphatic hydroxyl groups is 2. The van der Waals surface area contributed by atoms with Gasteiger partial charge in [0.05, 0.1) is 24.9 Å². The number of hydrogen-bond donors (Lipinski definition) is 4. The number of ether oxygens (including phenoxy) is 2. The van der Waals surface area contributed by atoms with Gasteiger partial charge in [-0.2, -0.15) is 0 Å². The summed E-state index contributed by atoms with van der Waals surface area (Å²) in [5.41, 5.74) is 5.96. The molecule has 3 aromatic carbocycles. The molecule has 4 N–H and O–H groups in total. The van der Waals surface area contributed by atoms with Crippen LogP contribution in [0.2, 0.25) is 0 Å². The Hall–Kier alpha value is -3.27. The van der Waals surface area contributed by atoms with Gasteiger partial charge in [-0.3, -0.25) is 4.90 Å². The van der Waals surface area contributed by atoms with Crippen molar-refractivity contribution in [3.8, 4) is 11.1 Å². The van der Waals surface area contributed by atoms with Crippen molar-refractivity contribution in [2.45, 2.75) is 57.5 Å². The maximum absolute atomic E-state index is 11.8. The average Bonchev–Trinajstić information content (AvgIpc) is 3.40. The average molecular weight is 546 g/mol. The van der Waals surface area contributed by atoms with E-state index in [-0.39, 0.29) is 30.9 Å². The van der Waals surface area contributed by atoms with Gasteiger partial charge < -0.3 is 30.3 Å². The molecule has 0 aromatic heterocycles. The lowest BCUT2D eigenvalue weighted by atomic mass is 9.98. The molecule has 212 valence electrons. The summed E-state index contributed by atoms with van der Waals surface area (Å²) in [6.45, 7) is 5.19. The third-order valence-corrected chi connectivity index (χ3v) is 7.53. The highest BCUT2D eigenvalue weighted by Crippen LogP contribution is 2.39. The summed E-state index contributed by atoms with van der Waals surface area (Å²) >= 11 is 0. The van der Waals surface area contributed by atoms with Crippen LogP contribution in [0.3, 0.4) is 0 Å². The Morgan fingerprint density at radius 2 is 1.73 bits per heavy atom. The summed E-state index contributed by atoms with van der Waals surface area (Å²) in [5.74, 6) is 0. The Kier molecular flexibility index (Phi) is 9.46. The number of β-amino-alcohol motifs (C(OH)–C–C–N with tert-alkyl or cyclic N) is 1. The Bertz CT molecular complexity index is 1270. The predicted molar refractivity (Wildman–Crippen MR) is 153 cm³/mol. The Morgan fingerprint density at radius 1 is 0.950 bits per heavy atom. The molecule has 0 radical (unpaired) electrons. The molecule has 2 amide bonds. The lowest BCUT2D eigenvalue weighted by Gasteiger charge is -2.38. The molecular formula is C32H39N3O5. The second-order valence-corrected chi connectivity index (χ2v) is 10.6. The van der Waals surface area contributed by atoms with E-state index in [1.807, 2.05) is 55.5 Å². The van der Waals surface area contributed by atoms with Gasteiger partial charge >= 0.3 is 6.03 Å². The molecule has 5 rings (SSSR count). The van der Waals surface area contributed by atoms with Gasteiger partial charge in [-0.25, -0.2) is 4.79 Å². The number of amides is 2. The van der Waals surface area contributed by atoms with Crippen LogP contribution in [-0.4, -0.2) is 59.5 Å². The molecule has 0 spiro atoms. The van der Waals surface area contributed by atoms with Crippen molar-refractivity contribution in [2.75, 3.05) is 26.2 Å². The zero-order valence-corrected chi connectivity index (χ0v) is 23.0. The number of likely N-dealkylation sites (tertiary alicyclic amines) is 1. The van der Waals surface area contributed by atoms with Gasteiger partial charge in [-0.15, -0.1) is 0 Å². The van der Waals surface area contributed by atoms with E-state index in [4.69, 9.17) is 9.47 Å². The van der Waals surface area contributed by atoms with Gasteiger partial charge in [0.25, 0.3) is 0 Å². The Morgan fingerprint density at radius 3 is 2.45 bits per heavy atom. The molecule has 0 bridgehead atoms. The number of aliphatic hydroxyl groups excluding tert-OH is 2. The number of urea groups is 1. The van der Waals surface area contributed by atoms with Crippen LogP contribution >= 0.6 is 0 Å². The van der Waals surface area contributed by atoms with Gasteiger partial charge in [0.1, 0.15) is 0 Å². The van der Waals surface area contributed by atoms with Gasteiger partial charge in [0.2, 0.25) is 0 Å². The highest BCUT2D eigenvalue weighted by Gasteiger charge is 2.34. The SMILES string of the molecule is CCNC(=O)NCc1cccc(-c2cccc([C@H]3O[C@@H](CN4CC[C@H](O)C4)C[C@@H](c4ccc(CO)cc4)O3)c2)c1. The van der Waals surface area contributed by atoms with Crippen LogP contribution in [0.25, 0.3) is 11.1 Å². The molecule has 8 nitrogen and oxygen atoms in total. The summed E-state index contributed by atoms with van der Waals surface area (Å²) in [6, 6.07) is 24.1. The smallest absolute Gasteiger partial charge is 0.315 e. The summed E-state index contributed by atoms with van der Waals surface area (Å²) in [6.07, 6.45) is 0.466. The van der Waals surface area contributed by atoms with Crippen LogP contribution in [0.15, 0.2) is 72.8 Å². The lowest BCUT2D eigenvalue weighted by Crippen LogP contribution is -2.38. The lowest BCUT2D eigenvalue weighted by molar-refractivity contribution is -0.252. The largest absolute Gasteiger partial charge is 0.392 e. The van der Waals surface area contributed by atoms with Crippen LogP contribution in [0.1, 0.15) is 54.4 Å². The van der Waals surface area contributed by atoms with E-state index >= 15 is 0 Å². The fourth-order valence-corrected chi connectivity index (χ4v) is 5.43. The van der Waals surface area contributed by atoms with E-state index in [0.29, 0.717) is 26.1 Å². The van der Waals surface area contributed by atoms with E-state index < -0.39 is 6.29 Å². The van der Waals surface area contributed by atoms with Crippen LogP contribution < -0.4 is 10.6 Å². The second-order valence-electron chi connectivity index (χ2n) is 10.6. The molecule has 0 saturated carbocycles. The van der Waals surface area contributed by atoms with E-state index in [1.54, 1.807) is 0 Å². The normalized spacial score (nSPS) is 23.2. The predicted octanol–water partition coefficient (Wildman–Crippen LogP) is 4.28. The number of hydrogen-bond acceptors (Lipinski definition) is 6. The first-order chi connectivity index (χ1) is 19.5. The first kappa shape index (κ1) is 28.3. The minimum atomic E-state index is -0.545. The summed E-state index contributed by atoms with van der Waals surface area (Å²) in [4.78, 5) is 14.1. The first-order valence-electron chi connectivity index (χ1n) is 14.1. The van der Waals surface area contributed by atoms with Crippen LogP contribution in [0, 0.1) is 0 Å². The highest BCUT2D eigenvalue weighted by atomic mass is 16.7. The van der Waals surface area contributed by atoms with Crippen molar-refractivity contribution in [2.24, 2.45) is 0 Å². The highest BCUT2D eigenvalue weighted by molar-refractivity contribution is 5.74. The number of carbonyl (C=O) groups excluding carboxylic acids is 1. The van der Waals surface area contributed by atoms with Gasteiger partial charge in [0.15, 0.2) is 6.29 Å². The van der Waals surface area contributed by atoms with Crippen molar-refractivity contribution >= 4 is 6.03 Å².